The molecule has 0 aliphatic carbocycles. The molecule has 1 aliphatic rings. The highest BCUT2D eigenvalue weighted by Gasteiger charge is 2.21. The van der Waals surface area contributed by atoms with Crippen molar-refractivity contribution in [3.05, 3.63) is 16.4 Å². The molecule has 0 bridgehead atoms. The van der Waals surface area contributed by atoms with Gasteiger partial charge in [-0.15, -0.1) is 0 Å². The molecule has 0 spiro atoms. The van der Waals surface area contributed by atoms with Crippen molar-refractivity contribution in [2.75, 3.05) is 31.1 Å². The molecular formula is C9H9Cl3N4O. The minimum Gasteiger partial charge on any atom is -0.337 e. The van der Waals surface area contributed by atoms with Crippen LogP contribution in [0.3, 0.4) is 0 Å². The van der Waals surface area contributed by atoms with Gasteiger partial charge in [-0.05, 0) is 11.6 Å². The molecule has 1 aliphatic heterocycles. The smallest absolute Gasteiger partial charge is 0.316 e. The number of rotatable bonds is 1. The molecule has 5 nitrogen and oxygen atoms in total. The van der Waals surface area contributed by atoms with Gasteiger partial charge in [0.15, 0.2) is 0 Å². The van der Waals surface area contributed by atoms with Crippen molar-refractivity contribution in [1.29, 1.82) is 0 Å². The van der Waals surface area contributed by atoms with Crippen LogP contribution >= 0.6 is 34.8 Å². The summed E-state index contributed by atoms with van der Waals surface area (Å²) < 4.78 is 0. The van der Waals surface area contributed by atoms with E-state index in [1.54, 1.807) is 4.90 Å². The third-order valence-corrected chi connectivity index (χ3v) is 3.09. The molecule has 0 saturated carbocycles. The van der Waals surface area contributed by atoms with Gasteiger partial charge in [-0.25, -0.2) is 9.97 Å². The Balaban J connectivity index is 2.07. The Morgan fingerprint density at radius 2 is 1.65 bits per heavy atom. The van der Waals surface area contributed by atoms with Gasteiger partial charge in [0, 0.05) is 32.2 Å². The van der Waals surface area contributed by atoms with Crippen LogP contribution in [0.25, 0.3) is 0 Å². The lowest BCUT2D eigenvalue weighted by Crippen LogP contribution is -2.47. The zero-order chi connectivity index (χ0) is 12.4. The van der Waals surface area contributed by atoms with Crippen LogP contribution in [0.15, 0.2) is 6.07 Å². The molecular weight excluding hydrogens is 286 g/mol. The first kappa shape index (κ1) is 12.7. The first-order valence-corrected chi connectivity index (χ1v) is 6.09. The number of halogens is 3. The monoisotopic (exact) mass is 294 g/mol. The number of amides is 1. The highest BCUT2D eigenvalue weighted by atomic mass is 35.5. The third-order valence-electron chi connectivity index (χ3n) is 2.46. The lowest BCUT2D eigenvalue weighted by molar-refractivity contribution is 0.218. The van der Waals surface area contributed by atoms with E-state index in [-0.39, 0.29) is 0 Å². The van der Waals surface area contributed by atoms with Gasteiger partial charge in [0.1, 0.15) is 10.3 Å². The standard InChI is InChI=1S/C9H9Cl3N4O/c10-6-5-7(11)14-9(13-6)16-3-1-15(2-4-16)8(12)17/h5H,1-4H2. The maximum Gasteiger partial charge on any atom is 0.316 e. The average Bonchev–Trinajstić information content (AvgIpc) is 2.28. The number of anilines is 1. The molecule has 0 atom stereocenters. The van der Waals surface area contributed by atoms with E-state index in [0.29, 0.717) is 42.4 Å². The van der Waals surface area contributed by atoms with Crippen LogP contribution in [0, 0.1) is 0 Å². The lowest BCUT2D eigenvalue weighted by Gasteiger charge is -2.33. The van der Waals surface area contributed by atoms with Gasteiger partial charge in [-0.2, -0.15) is 0 Å². The van der Waals surface area contributed by atoms with Crippen LogP contribution in [0.5, 0.6) is 0 Å². The Bertz CT molecular complexity index is 414. The van der Waals surface area contributed by atoms with E-state index in [9.17, 15) is 4.79 Å². The number of carbonyl (C=O) groups is 1. The molecule has 8 heteroatoms. The summed E-state index contributed by atoms with van der Waals surface area (Å²) in [6, 6.07) is 1.48. The molecule has 92 valence electrons. The number of nitrogens with zero attached hydrogens (tertiary/aromatic N) is 4. The zero-order valence-corrected chi connectivity index (χ0v) is 11.0. The second-order valence-corrected chi connectivity index (χ2v) is 4.64. The Hall–Kier alpha value is -0.780. The number of hydrogen-bond donors (Lipinski definition) is 0. The van der Waals surface area contributed by atoms with E-state index in [2.05, 4.69) is 9.97 Å². The predicted molar refractivity (Wildman–Crippen MR) is 67.1 cm³/mol. The fraction of sp³-hybridized carbons (Fsp3) is 0.444. The Kier molecular flexibility index (Phi) is 3.91. The summed E-state index contributed by atoms with van der Waals surface area (Å²) in [7, 11) is 0. The van der Waals surface area contributed by atoms with E-state index in [4.69, 9.17) is 34.8 Å². The number of aromatic nitrogens is 2. The highest BCUT2D eigenvalue weighted by molar-refractivity contribution is 6.62. The van der Waals surface area contributed by atoms with Crippen molar-refractivity contribution >= 4 is 46.1 Å². The highest BCUT2D eigenvalue weighted by Crippen LogP contribution is 2.18. The molecule has 2 rings (SSSR count). The minimum atomic E-state index is -0.435. The topological polar surface area (TPSA) is 49.3 Å². The fourth-order valence-electron chi connectivity index (χ4n) is 1.60. The summed E-state index contributed by atoms with van der Waals surface area (Å²) in [5.74, 6) is 0.476. The second-order valence-electron chi connectivity index (χ2n) is 3.54. The maximum atomic E-state index is 10.9. The SMILES string of the molecule is O=C(Cl)N1CCN(c2nc(Cl)cc(Cl)n2)CC1. The van der Waals surface area contributed by atoms with E-state index in [0.717, 1.165) is 0 Å². The van der Waals surface area contributed by atoms with Crippen molar-refractivity contribution in [3.63, 3.8) is 0 Å². The summed E-state index contributed by atoms with van der Waals surface area (Å²) in [6.07, 6.45) is 0. The molecule has 0 unspecified atom stereocenters. The van der Waals surface area contributed by atoms with Crippen molar-refractivity contribution in [1.82, 2.24) is 14.9 Å². The fourth-order valence-corrected chi connectivity index (χ4v) is 2.19. The number of carbonyl (C=O) groups excluding carboxylic acids is 1. The van der Waals surface area contributed by atoms with Crippen LogP contribution in [-0.2, 0) is 0 Å². The van der Waals surface area contributed by atoms with Crippen molar-refractivity contribution in [2.24, 2.45) is 0 Å². The Morgan fingerprint density at radius 3 is 2.12 bits per heavy atom. The van der Waals surface area contributed by atoms with Crippen molar-refractivity contribution in [2.45, 2.75) is 0 Å². The second kappa shape index (κ2) is 5.25. The molecule has 1 fully saturated rings. The van der Waals surface area contributed by atoms with E-state index >= 15 is 0 Å². The van der Waals surface area contributed by atoms with Gasteiger partial charge in [0.2, 0.25) is 5.95 Å². The van der Waals surface area contributed by atoms with E-state index in [1.807, 2.05) is 4.90 Å². The molecule has 1 saturated heterocycles. The Labute approximate surface area is 113 Å². The lowest BCUT2D eigenvalue weighted by atomic mass is 10.3. The molecule has 1 aromatic heterocycles. The first-order chi connectivity index (χ1) is 8.06. The summed E-state index contributed by atoms with van der Waals surface area (Å²) in [5, 5.41) is 0.168. The number of piperazine rings is 1. The molecule has 1 aromatic rings. The quantitative estimate of drug-likeness (QED) is 0.453. The molecule has 17 heavy (non-hydrogen) atoms. The van der Waals surface area contributed by atoms with Gasteiger partial charge in [-0.3, -0.25) is 4.79 Å². The summed E-state index contributed by atoms with van der Waals surface area (Å²) >= 11 is 17.0. The normalized spacial score (nSPS) is 16.2. The summed E-state index contributed by atoms with van der Waals surface area (Å²) in [5.41, 5.74) is 0. The molecule has 1 amide bonds. The van der Waals surface area contributed by atoms with Crippen LogP contribution < -0.4 is 4.90 Å². The van der Waals surface area contributed by atoms with Gasteiger partial charge >= 0.3 is 5.37 Å². The molecule has 2 heterocycles. The van der Waals surface area contributed by atoms with Crippen LogP contribution in [0.1, 0.15) is 0 Å². The van der Waals surface area contributed by atoms with Gasteiger partial charge < -0.3 is 9.80 Å². The Morgan fingerprint density at radius 1 is 1.12 bits per heavy atom. The van der Waals surface area contributed by atoms with Crippen molar-refractivity contribution < 1.29 is 4.79 Å². The molecule has 0 radical (unpaired) electrons. The summed E-state index contributed by atoms with van der Waals surface area (Å²) in [4.78, 5) is 22.6. The van der Waals surface area contributed by atoms with Gasteiger partial charge in [0.05, 0.1) is 0 Å². The van der Waals surface area contributed by atoms with Crippen LogP contribution in [0.2, 0.25) is 10.3 Å². The van der Waals surface area contributed by atoms with E-state index in [1.165, 1.54) is 6.07 Å². The van der Waals surface area contributed by atoms with Crippen molar-refractivity contribution in [3.8, 4) is 0 Å². The van der Waals surface area contributed by atoms with Crippen LogP contribution in [-0.4, -0.2) is 46.4 Å². The molecule has 0 aromatic carbocycles. The average molecular weight is 296 g/mol. The third kappa shape index (κ3) is 3.12. The van der Waals surface area contributed by atoms with Gasteiger partial charge in [0.25, 0.3) is 0 Å². The first-order valence-electron chi connectivity index (χ1n) is 4.95. The summed E-state index contributed by atoms with van der Waals surface area (Å²) in [6.45, 7) is 2.29. The van der Waals surface area contributed by atoms with Gasteiger partial charge in [-0.1, -0.05) is 23.2 Å². The largest absolute Gasteiger partial charge is 0.337 e. The zero-order valence-electron chi connectivity index (χ0n) is 8.74. The van der Waals surface area contributed by atoms with E-state index < -0.39 is 5.37 Å². The van der Waals surface area contributed by atoms with Crippen LogP contribution in [0.4, 0.5) is 10.7 Å². The number of hydrogen-bond acceptors (Lipinski definition) is 4. The minimum absolute atomic E-state index is 0.302. The predicted octanol–water partition coefficient (Wildman–Crippen LogP) is 2.26. The molecule has 0 N–H and O–H groups in total. The maximum absolute atomic E-state index is 10.9.